The predicted octanol–water partition coefficient (Wildman–Crippen LogP) is 18.9. The minimum absolute atomic E-state index is 0.574. The third-order valence-electron chi connectivity index (χ3n) is 16.2. The molecular formula is C78H51N9. The molecule has 0 aliphatic carbocycles. The molecule has 4 heterocycles. The summed E-state index contributed by atoms with van der Waals surface area (Å²) in [5, 5.41) is 0. The van der Waals surface area contributed by atoms with Crippen molar-refractivity contribution < 1.29 is 0 Å². The maximum atomic E-state index is 5.23. The fraction of sp³-hybridized carbons (Fsp3) is 0. The van der Waals surface area contributed by atoms with E-state index in [9.17, 15) is 0 Å². The second-order valence-corrected chi connectivity index (χ2v) is 21.6. The van der Waals surface area contributed by atoms with E-state index < -0.39 is 0 Å². The molecule has 0 saturated carbocycles. The quantitative estimate of drug-likeness (QED) is 0.121. The molecule has 0 radical (unpaired) electrons. The molecule has 0 aliphatic rings. The molecule has 9 heteroatoms. The van der Waals surface area contributed by atoms with E-state index >= 15 is 0 Å². The summed E-state index contributed by atoms with van der Waals surface area (Å²) < 4.78 is 6.75. The van der Waals surface area contributed by atoms with Crippen molar-refractivity contribution in [2.24, 2.45) is 0 Å². The Bertz CT molecular complexity index is 4650. The lowest BCUT2D eigenvalue weighted by molar-refractivity contribution is 1.07. The van der Waals surface area contributed by atoms with Gasteiger partial charge in [-0.1, -0.05) is 237 Å². The Morgan fingerprint density at radius 2 is 0.414 bits per heavy atom. The Hall–Kier alpha value is -11.9. The third kappa shape index (κ3) is 9.51. The second-order valence-electron chi connectivity index (χ2n) is 21.6. The van der Waals surface area contributed by atoms with Gasteiger partial charge >= 0.3 is 0 Å². The maximum absolute atomic E-state index is 5.23. The normalized spacial score (nSPS) is 11.4. The monoisotopic (exact) mass is 1110 g/mol. The summed E-state index contributed by atoms with van der Waals surface area (Å²) in [5.74, 6) is 4.41. The molecule has 16 rings (SSSR count). The molecule has 0 amide bonds. The Morgan fingerprint density at radius 3 is 0.701 bits per heavy atom. The smallest absolute Gasteiger partial charge is 0.164 e. The van der Waals surface area contributed by atoms with Gasteiger partial charge in [-0.2, -0.15) is 0 Å². The molecule has 87 heavy (non-hydrogen) atoms. The zero-order chi connectivity index (χ0) is 57.6. The van der Waals surface area contributed by atoms with E-state index in [4.69, 9.17) is 29.9 Å². The molecule has 16 aromatic rings. The number of imidazole rings is 3. The van der Waals surface area contributed by atoms with Gasteiger partial charge < -0.3 is 0 Å². The lowest BCUT2D eigenvalue weighted by Gasteiger charge is -2.13. The summed E-state index contributed by atoms with van der Waals surface area (Å²) in [7, 11) is 0. The lowest BCUT2D eigenvalue weighted by atomic mass is 10.0. The van der Waals surface area contributed by atoms with Gasteiger partial charge in [-0.3, -0.25) is 13.7 Å². The first kappa shape index (κ1) is 50.8. The minimum atomic E-state index is 0.574. The van der Waals surface area contributed by atoms with Crippen LogP contribution in [0.25, 0.3) is 152 Å². The van der Waals surface area contributed by atoms with Crippen LogP contribution in [0.5, 0.6) is 0 Å². The highest BCUT2D eigenvalue weighted by Gasteiger charge is 2.20. The maximum Gasteiger partial charge on any atom is 0.164 e. The van der Waals surface area contributed by atoms with E-state index in [1.54, 1.807) is 0 Å². The second kappa shape index (κ2) is 21.7. The van der Waals surface area contributed by atoms with Crippen LogP contribution in [0.4, 0.5) is 0 Å². The topological polar surface area (TPSA) is 92.1 Å². The van der Waals surface area contributed by atoms with E-state index in [1.807, 2.05) is 36.4 Å². The fourth-order valence-electron chi connectivity index (χ4n) is 11.9. The Kier molecular flexibility index (Phi) is 12.6. The van der Waals surface area contributed by atoms with Crippen molar-refractivity contribution in [3.8, 4) is 119 Å². The third-order valence-corrected chi connectivity index (χ3v) is 16.2. The summed E-state index contributed by atoms with van der Waals surface area (Å²) in [6.45, 7) is 0. The molecule has 0 atom stereocenters. The van der Waals surface area contributed by atoms with Crippen molar-refractivity contribution in [1.29, 1.82) is 0 Å². The number of benzene rings is 12. The Balaban J connectivity index is 0.756. The SMILES string of the molecule is c1ccc(-c2nc3ccccc3n2-c2cccc(-c3ccc(-c4nc(-c5ccc(-c6cccc(-n7c(-c8ccccc8)nc8ccccc87)c6)cc5)nc(-c5ccc(-c6cccc(-n7c(-c8ccccc8)nc8ccccc87)c6)cc5)n4)cc3)c2)cc1. The zero-order valence-electron chi connectivity index (χ0n) is 47.0. The first-order valence-corrected chi connectivity index (χ1v) is 29.1. The van der Waals surface area contributed by atoms with Crippen molar-refractivity contribution in [2.45, 2.75) is 0 Å². The van der Waals surface area contributed by atoms with Crippen molar-refractivity contribution in [3.63, 3.8) is 0 Å². The lowest BCUT2D eigenvalue weighted by Crippen LogP contribution is -2.00. The fourth-order valence-corrected chi connectivity index (χ4v) is 11.9. The minimum Gasteiger partial charge on any atom is -0.292 e. The standard InChI is InChI=1S/C78H51N9/c1-4-19-58(20-5-1)76-79-67-31-10-13-34-70(67)85(76)64-28-16-25-61(49-64)52-37-43-55(44-38-52)73-82-74(56-45-39-53(40-46-56)62-26-17-29-65(50-62)86-71-35-14-11-32-68(71)80-77(86)59-21-6-2-7-22-59)84-75(83-73)57-47-41-54(42-48-57)63-27-18-30-66(51-63)87-72-36-15-12-33-69(72)81-78(87)60-23-8-3-9-24-60/h1-51H. The predicted molar refractivity (Wildman–Crippen MR) is 353 cm³/mol. The highest BCUT2D eigenvalue weighted by molar-refractivity contribution is 5.87. The number of nitrogens with zero attached hydrogens (tertiary/aromatic N) is 9. The number of rotatable bonds is 12. The molecule has 0 bridgehead atoms. The van der Waals surface area contributed by atoms with Gasteiger partial charge in [-0.05, 0) is 106 Å². The molecule has 0 saturated heterocycles. The summed E-state index contributed by atoms with van der Waals surface area (Å²) in [6.07, 6.45) is 0. The molecule has 0 spiro atoms. The van der Waals surface area contributed by atoms with Crippen LogP contribution in [0.2, 0.25) is 0 Å². The van der Waals surface area contributed by atoms with Gasteiger partial charge in [0.15, 0.2) is 17.5 Å². The van der Waals surface area contributed by atoms with Crippen LogP contribution in [0.3, 0.4) is 0 Å². The summed E-state index contributed by atoms with van der Waals surface area (Å²) in [5.41, 5.74) is 21.3. The van der Waals surface area contributed by atoms with E-state index in [0.717, 1.165) is 134 Å². The van der Waals surface area contributed by atoms with Crippen LogP contribution in [0.1, 0.15) is 0 Å². The van der Waals surface area contributed by atoms with Gasteiger partial charge in [0.05, 0.1) is 33.1 Å². The molecular weight excluding hydrogens is 1060 g/mol. The van der Waals surface area contributed by atoms with Crippen LogP contribution in [0, 0.1) is 0 Å². The Labute approximate surface area is 502 Å². The van der Waals surface area contributed by atoms with E-state index in [2.05, 4.69) is 287 Å². The van der Waals surface area contributed by atoms with Gasteiger partial charge in [0.1, 0.15) is 17.5 Å². The van der Waals surface area contributed by atoms with Gasteiger partial charge in [0.2, 0.25) is 0 Å². The first-order valence-electron chi connectivity index (χ1n) is 29.1. The van der Waals surface area contributed by atoms with Crippen LogP contribution in [-0.4, -0.2) is 43.6 Å². The van der Waals surface area contributed by atoms with Crippen molar-refractivity contribution in [3.05, 3.63) is 309 Å². The molecule has 12 aromatic carbocycles. The van der Waals surface area contributed by atoms with E-state index in [0.29, 0.717) is 17.5 Å². The van der Waals surface area contributed by atoms with Crippen molar-refractivity contribution in [2.75, 3.05) is 0 Å². The van der Waals surface area contributed by atoms with E-state index in [1.165, 1.54) is 0 Å². The summed E-state index contributed by atoms with van der Waals surface area (Å²) in [4.78, 5) is 31.0. The van der Waals surface area contributed by atoms with Crippen LogP contribution < -0.4 is 0 Å². The zero-order valence-corrected chi connectivity index (χ0v) is 47.0. The van der Waals surface area contributed by atoms with E-state index in [-0.39, 0.29) is 0 Å². The average Bonchev–Trinajstić information content (AvgIpc) is 2.27. The van der Waals surface area contributed by atoms with Gasteiger partial charge in [0, 0.05) is 50.4 Å². The molecule has 9 nitrogen and oxygen atoms in total. The number of fused-ring (bicyclic) bond motifs is 3. The van der Waals surface area contributed by atoms with Crippen LogP contribution in [-0.2, 0) is 0 Å². The van der Waals surface area contributed by atoms with Crippen molar-refractivity contribution >= 4 is 33.1 Å². The molecule has 408 valence electrons. The molecule has 0 fully saturated rings. The van der Waals surface area contributed by atoms with Gasteiger partial charge in [0.25, 0.3) is 0 Å². The number of hydrogen-bond acceptors (Lipinski definition) is 6. The average molecular weight is 1110 g/mol. The summed E-state index contributed by atoms with van der Waals surface area (Å²) >= 11 is 0. The summed E-state index contributed by atoms with van der Waals surface area (Å²) in [6, 6.07) is 108. The van der Waals surface area contributed by atoms with Crippen LogP contribution in [0.15, 0.2) is 309 Å². The first-order chi connectivity index (χ1) is 43.1. The molecule has 0 N–H and O–H groups in total. The molecule has 0 unspecified atom stereocenters. The Morgan fingerprint density at radius 1 is 0.172 bits per heavy atom. The van der Waals surface area contributed by atoms with Gasteiger partial charge in [-0.25, -0.2) is 29.9 Å². The molecule has 4 aromatic heterocycles. The number of aromatic nitrogens is 9. The van der Waals surface area contributed by atoms with Gasteiger partial charge in [-0.15, -0.1) is 0 Å². The number of hydrogen-bond donors (Lipinski definition) is 0. The number of para-hydroxylation sites is 6. The highest BCUT2D eigenvalue weighted by atomic mass is 15.1. The largest absolute Gasteiger partial charge is 0.292 e. The highest BCUT2D eigenvalue weighted by Crippen LogP contribution is 2.37. The molecule has 0 aliphatic heterocycles. The van der Waals surface area contributed by atoms with Crippen molar-refractivity contribution in [1.82, 2.24) is 43.6 Å². The van der Waals surface area contributed by atoms with Crippen LogP contribution >= 0.6 is 0 Å².